The molecule has 53 heavy (non-hydrogen) atoms. The minimum Gasteiger partial charge on any atom is -0.756 e. The van der Waals surface area contributed by atoms with Gasteiger partial charge in [0.15, 0.2) is 29.9 Å². The molecule has 2 fully saturated rings. The van der Waals surface area contributed by atoms with Crippen LogP contribution in [0.3, 0.4) is 0 Å². The van der Waals surface area contributed by atoms with Crippen LogP contribution in [0, 0.1) is 0 Å². The topological polar surface area (TPSA) is 356 Å². The van der Waals surface area contributed by atoms with Crippen LogP contribution < -0.4 is 36.9 Å². The van der Waals surface area contributed by atoms with Crippen molar-refractivity contribution < 1.29 is 65.0 Å². The van der Waals surface area contributed by atoms with Gasteiger partial charge in [-0.05, 0) is 7.05 Å². The maximum Gasteiger partial charge on any atom is 0.313 e. The molecule has 6 heterocycles. The number of aliphatic hydroxyl groups is 1. The third-order valence-electron chi connectivity index (χ3n) is 7.99. The summed E-state index contributed by atoms with van der Waals surface area (Å²) in [6.45, 7) is -1.28. The number of anilines is 2. The van der Waals surface area contributed by atoms with Crippen molar-refractivity contribution in [3.8, 4) is 0 Å². The Balaban J connectivity index is 1.05. The summed E-state index contributed by atoms with van der Waals surface area (Å²) >= 11 is 0. The first-order valence-electron chi connectivity index (χ1n) is 15.2. The minimum atomic E-state index is -5.74. The van der Waals surface area contributed by atoms with E-state index in [0.717, 1.165) is 6.33 Å². The molecule has 2 aliphatic rings. The second kappa shape index (κ2) is 14.7. The summed E-state index contributed by atoms with van der Waals surface area (Å²) in [6.07, 6.45) is -4.52. The van der Waals surface area contributed by atoms with Gasteiger partial charge < -0.3 is 61.7 Å². The van der Waals surface area contributed by atoms with Gasteiger partial charge in [0.1, 0.15) is 18.3 Å². The van der Waals surface area contributed by atoms with E-state index in [0.29, 0.717) is 0 Å². The molecule has 30 heteroatoms. The van der Waals surface area contributed by atoms with Crippen molar-refractivity contribution in [1.82, 2.24) is 39.0 Å². The van der Waals surface area contributed by atoms with Crippen molar-refractivity contribution >= 4 is 64.9 Å². The number of aryl methyl sites for hydroxylation is 1. The summed E-state index contributed by atoms with van der Waals surface area (Å²) < 4.78 is 77.1. The van der Waals surface area contributed by atoms with E-state index in [1.165, 1.54) is 27.1 Å². The first kappa shape index (κ1) is 39.3. The molecule has 0 saturated carbocycles. The number of hydrogen-bond acceptors (Lipinski definition) is 21. The fourth-order valence-electron chi connectivity index (χ4n) is 5.87. The van der Waals surface area contributed by atoms with Gasteiger partial charge in [-0.25, -0.2) is 9.55 Å². The number of hydrogen-bond donors (Lipinski definition) is 5. The van der Waals surface area contributed by atoms with E-state index in [-0.39, 0.29) is 47.3 Å². The highest BCUT2D eigenvalue weighted by Gasteiger charge is 2.46. The van der Waals surface area contributed by atoms with Crippen molar-refractivity contribution in [2.24, 2.45) is 7.05 Å². The van der Waals surface area contributed by atoms with E-state index in [1.807, 2.05) is 0 Å². The molecule has 0 amide bonds. The zero-order chi connectivity index (χ0) is 38.6. The number of methoxy groups -OCH3 is 1. The first-order valence-corrected chi connectivity index (χ1v) is 19.7. The van der Waals surface area contributed by atoms with Gasteiger partial charge in [0.05, 0.1) is 46.7 Å². The van der Waals surface area contributed by atoms with Gasteiger partial charge in [0, 0.05) is 13.7 Å². The van der Waals surface area contributed by atoms with Crippen LogP contribution in [0.25, 0.3) is 22.3 Å². The molecule has 0 aromatic carbocycles. The number of morpholine rings is 1. The molecule has 2 saturated heterocycles. The van der Waals surface area contributed by atoms with Gasteiger partial charge in [0.25, 0.3) is 32.7 Å². The molecule has 26 nitrogen and oxygen atoms in total. The lowest BCUT2D eigenvalue weighted by atomic mass is 10.1. The number of phosphoric ester groups is 2. The summed E-state index contributed by atoms with van der Waals surface area (Å²) in [4.78, 5) is 68.3. The van der Waals surface area contributed by atoms with E-state index in [2.05, 4.69) is 38.1 Å². The lowest BCUT2D eigenvalue weighted by molar-refractivity contribution is -0.747. The number of ether oxygens (including phenoxy) is 3. The van der Waals surface area contributed by atoms with Crippen LogP contribution >= 0.6 is 23.1 Å². The molecule has 9 atom stereocenters. The lowest BCUT2D eigenvalue weighted by Gasteiger charge is -2.38. The van der Waals surface area contributed by atoms with Crippen molar-refractivity contribution in [1.29, 1.82) is 0 Å². The lowest BCUT2D eigenvalue weighted by Crippen LogP contribution is -2.54. The van der Waals surface area contributed by atoms with Crippen molar-refractivity contribution in [3.05, 3.63) is 33.4 Å². The van der Waals surface area contributed by atoms with Gasteiger partial charge in [0.2, 0.25) is 11.5 Å². The smallest absolute Gasteiger partial charge is 0.313 e. The number of nitrogens with zero attached hydrogens (tertiary/aromatic N) is 7. The molecular formula is C23H32BN11O15P3-2. The molecule has 0 spiro atoms. The molecular weight excluding hydrogens is 774 g/mol. The second-order valence-electron chi connectivity index (χ2n) is 11.9. The number of phosphoric acid groups is 2. The maximum absolute atomic E-state index is 12.7. The molecule has 0 bridgehead atoms. The SMILES string of the molecule is [B-]P(=O)(OP(=O)([O-])OCC1CN(C)CC([n+]2cn(C)c3c(=O)[nH]c(N)nc32)O1)OP(=O)([O-])OC[C@H]1O[C@@H](n2cnc3c(=O)[nH]c(N)nc32)[C@H](OC)[C@@H]1O. The quantitative estimate of drug-likeness (QED) is 0.0492. The predicted molar refractivity (Wildman–Crippen MR) is 173 cm³/mol. The van der Waals surface area contributed by atoms with Gasteiger partial charge in [-0.2, -0.15) is 4.98 Å². The second-order valence-corrected chi connectivity index (χ2v) is 16.6. The average molecular weight is 806 g/mol. The number of aromatic amines is 2. The van der Waals surface area contributed by atoms with Crippen LogP contribution in [-0.4, -0.2) is 117 Å². The number of nitrogen functional groups attached to an aromatic ring is 2. The number of rotatable bonds is 13. The Bertz CT molecular complexity index is 2290. The summed E-state index contributed by atoms with van der Waals surface area (Å²) in [5.74, 6) is -0.385. The van der Waals surface area contributed by atoms with Gasteiger partial charge in [-0.1, -0.05) is 4.98 Å². The largest absolute Gasteiger partial charge is 0.756 e. The standard InChI is InChI=1S/C23H33BN11O15P3/c1-32-4-10(47-12(5-32)35-9-33(2)14-18(35)29-23(26)31-20(14)38)6-45-52(40,41)49-51(24,39)50-53(42,43)46-7-11-15(36)16(44-3)21(48-11)34-8-27-13-17(34)28-22(25)30-19(13)37/h8-12,15-16,21,36H,4-7H2,1-3H3,(H7-,25,26,28,29,30,31,37,38,40,41,42,43)/q-1/p-1/t10?,11-,12?,15-,16-,21-,51?/m1/s1. The van der Waals surface area contributed by atoms with Gasteiger partial charge in [-0.15, -0.1) is 0 Å². The molecule has 3 radical (unpaired) electrons. The highest BCUT2D eigenvalue weighted by atomic mass is 31.3. The third kappa shape index (κ3) is 8.48. The van der Waals surface area contributed by atoms with Crippen LogP contribution in [-0.2, 0) is 52.6 Å². The first-order chi connectivity index (χ1) is 24.8. The van der Waals surface area contributed by atoms with E-state index in [9.17, 15) is 38.2 Å². The van der Waals surface area contributed by atoms with Crippen LogP contribution in [0.1, 0.15) is 12.5 Å². The molecule has 4 aromatic heterocycles. The molecule has 4 aromatic rings. The maximum atomic E-state index is 12.7. The Labute approximate surface area is 298 Å². The number of imidazole rings is 2. The molecule has 6 rings (SSSR count). The van der Waals surface area contributed by atoms with Crippen molar-refractivity contribution in [2.45, 2.75) is 36.9 Å². The molecule has 7 N–H and O–H groups in total. The fourth-order valence-corrected chi connectivity index (χ4v) is 9.54. The normalized spacial score (nSPS) is 27.5. The zero-order valence-corrected chi connectivity index (χ0v) is 30.5. The Morgan fingerprint density at radius 1 is 1.04 bits per heavy atom. The highest BCUT2D eigenvalue weighted by Crippen LogP contribution is 2.65. The summed E-state index contributed by atoms with van der Waals surface area (Å²) in [5, 5.41) is 10.8. The minimum absolute atomic E-state index is 0.0401. The Morgan fingerprint density at radius 3 is 2.36 bits per heavy atom. The average Bonchev–Trinajstić information content (AvgIpc) is 3.70. The van der Waals surface area contributed by atoms with Crippen molar-refractivity contribution in [3.63, 3.8) is 0 Å². The van der Waals surface area contributed by atoms with Crippen molar-refractivity contribution in [2.75, 3.05) is 51.9 Å². The summed E-state index contributed by atoms with van der Waals surface area (Å²) in [6, 6.07) is 0. The van der Waals surface area contributed by atoms with Gasteiger partial charge >= 0.3 is 5.65 Å². The molecule has 2 aliphatic heterocycles. The Morgan fingerprint density at radius 2 is 1.68 bits per heavy atom. The molecule has 289 valence electrons. The summed E-state index contributed by atoms with van der Waals surface area (Å²) in [5.41, 5.74) is 10.4. The van der Waals surface area contributed by atoms with E-state index < -0.39 is 84.3 Å². The zero-order valence-electron chi connectivity index (χ0n) is 27.8. The van der Waals surface area contributed by atoms with Crippen LogP contribution in [0.15, 0.2) is 22.2 Å². The number of nitrogens with two attached hydrogens (primary N) is 2. The Kier molecular flexibility index (Phi) is 10.9. The fraction of sp³-hybridized carbons (Fsp3) is 0.565. The molecule has 5 unspecified atom stereocenters. The number of nitrogens with one attached hydrogen (secondary N) is 2. The summed E-state index contributed by atoms with van der Waals surface area (Å²) in [7, 11) is -7.09. The monoisotopic (exact) mass is 806 g/mol. The van der Waals surface area contributed by atoms with E-state index in [4.69, 9.17) is 37.8 Å². The molecule has 0 aliphatic carbocycles. The Hall–Kier alpha value is -3.39. The highest BCUT2D eigenvalue weighted by molar-refractivity contribution is 7.86. The number of aromatic nitrogens is 8. The van der Waals surface area contributed by atoms with Crippen LogP contribution in [0.5, 0.6) is 0 Å². The number of likely N-dealkylation sites (N-methyl/N-ethyl adjacent to an activating group) is 1. The number of aliphatic hydroxyl groups excluding tert-OH is 1. The predicted octanol–water partition coefficient (Wildman–Crippen LogP) is -3.77. The number of fused-ring (bicyclic) bond motifs is 2. The third-order valence-corrected chi connectivity index (χ3v) is 12.3. The van der Waals surface area contributed by atoms with E-state index in [1.54, 1.807) is 19.0 Å². The van der Waals surface area contributed by atoms with Crippen LogP contribution in [0.4, 0.5) is 11.9 Å². The van der Waals surface area contributed by atoms with Gasteiger partial charge in [-0.3, -0.25) is 51.3 Å². The van der Waals surface area contributed by atoms with Crippen LogP contribution in [0.2, 0.25) is 0 Å². The van der Waals surface area contributed by atoms with E-state index >= 15 is 0 Å². The number of H-pyrrole nitrogens is 2.